The molecule has 0 heterocycles. The number of ether oxygens (including phenoxy) is 1. The van der Waals surface area contributed by atoms with Crippen molar-refractivity contribution in [1.82, 2.24) is 5.32 Å². The van der Waals surface area contributed by atoms with Gasteiger partial charge in [-0.05, 0) is 42.3 Å². The van der Waals surface area contributed by atoms with Gasteiger partial charge in [-0.1, -0.05) is 35.9 Å². The van der Waals surface area contributed by atoms with Gasteiger partial charge in [0.2, 0.25) is 11.8 Å². The van der Waals surface area contributed by atoms with Crippen molar-refractivity contribution >= 4 is 23.4 Å². The molecule has 6 heteroatoms. The number of primary amides is 1. The third-order valence-electron chi connectivity index (χ3n) is 3.81. The van der Waals surface area contributed by atoms with E-state index in [2.05, 4.69) is 5.32 Å². The summed E-state index contributed by atoms with van der Waals surface area (Å²) in [4.78, 5) is 24.3. The van der Waals surface area contributed by atoms with Crippen LogP contribution in [0.15, 0.2) is 48.5 Å². The highest BCUT2D eigenvalue weighted by Crippen LogP contribution is 2.24. The molecule has 0 fully saturated rings. The van der Waals surface area contributed by atoms with Gasteiger partial charge >= 0.3 is 0 Å². The Morgan fingerprint density at radius 2 is 1.88 bits per heavy atom. The molecule has 2 aromatic carbocycles. The Morgan fingerprint density at radius 3 is 2.42 bits per heavy atom. The second-order valence-electron chi connectivity index (χ2n) is 5.57. The Hall–Kier alpha value is -2.53. The van der Waals surface area contributed by atoms with Gasteiger partial charge < -0.3 is 15.8 Å². The average molecular weight is 347 g/mol. The number of nitrogens with one attached hydrogen (secondary N) is 1. The van der Waals surface area contributed by atoms with Crippen molar-refractivity contribution in [2.45, 2.75) is 18.9 Å². The van der Waals surface area contributed by atoms with Crippen molar-refractivity contribution in [3.05, 3.63) is 64.7 Å². The van der Waals surface area contributed by atoms with E-state index in [4.69, 9.17) is 22.1 Å². The van der Waals surface area contributed by atoms with E-state index in [9.17, 15) is 9.59 Å². The molecular weight excluding hydrogens is 328 g/mol. The molecule has 1 atom stereocenters. The first-order chi connectivity index (χ1) is 11.3. The summed E-state index contributed by atoms with van der Waals surface area (Å²) in [6.07, 6.45) is 0.118. The number of rotatable bonds is 6. The molecule has 0 aliphatic carbocycles. The lowest BCUT2D eigenvalue weighted by atomic mass is 9.91. The molecule has 0 bridgehead atoms. The molecule has 0 aliphatic rings. The number of halogens is 1. The van der Waals surface area contributed by atoms with Crippen molar-refractivity contribution < 1.29 is 14.3 Å². The quantitative estimate of drug-likeness (QED) is 0.842. The largest absolute Gasteiger partial charge is 0.497 e. The number of methoxy groups -OCH3 is 1. The zero-order valence-corrected chi connectivity index (χ0v) is 14.3. The summed E-state index contributed by atoms with van der Waals surface area (Å²) in [6, 6.07) is 13.8. The van der Waals surface area contributed by atoms with E-state index < -0.39 is 11.4 Å². The molecule has 5 nitrogen and oxygen atoms in total. The number of benzene rings is 2. The van der Waals surface area contributed by atoms with Crippen LogP contribution in [0.1, 0.15) is 18.1 Å². The van der Waals surface area contributed by atoms with Crippen LogP contribution < -0.4 is 15.8 Å². The Kier molecular flexibility index (Phi) is 5.46. The molecule has 0 aliphatic heterocycles. The maximum Gasteiger partial charge on any atom is 0.247 e. The van der Waals surface area contributed by atoms with Gasteiger partial charge in [-0.3, -0.25) is 9.59 Å². The van der Waals surface area contributed by atoms with Crippen molar-refractivity contribution in [1.29, 1.82) is 0 Å². The predicted octanol–water partition coefficient (Wildman–Crippen LogP) is 2.41. The summed E-state index contributed by atoms with van der Waals surface area (Å²) in [5.41, 5.74) is 5.51. The number of carbonyl (C=O) groups is 2. The second-order valence-corrected chi connectivity index (χ2v) is 6.01. The van der Waals surface area contributed by atoms with Crippen LogP contribution in [-0.2, 0) is 21.5 Å². The first-order valence-corrected chi connectivity index (χ1v) is 7.73. The van der Waals surface area contributed by atoms with E-state index in [1.165, 1.54) is 0 Å². The highest BCUT2D eigenvalue weighted by molar-refractivity contribution is 6.30. The molecule has 0 spiro atoms. The lowest BCUT2D eigenvalue weighted by Gasteiger charge is -2.28. The van der Waals surface area contributed by atoms with Crippen molar-refractivity contribution in [3.63, 3.8) is 0 Å². The first-order valence-electron chi connectivity index (χ1n) is 7.35. The molecule has 126 valence electrons. The van der Waals surface area contributed by atoms with E-state index in [-0.39, 0.29) is 12.3 Å². The molecule has 0 saturated heterocycles. The maximum absolute atomic E-state index is 12.4. The normalized spacial score (nSPS) is 13.0. The minimum Gasteiger partial charge on any atom is -0.497 e. The smallest absolute Gasteiger partial charge is 0.247 e. The standard InChI is InChI=1S/C18H19ClN2O3/c1-18(17(20)23,13-4-3-5-14(19)11-13)21-16(22)10-12-6-8-15(24-2)9-7-12/h3-9,11H,10H2,1-2H3,(H2,20,23)(H,21,22)/t18-/m1/s1. The van der Waals surface area contributed by atoms with Crippen LogP contribution in [-0.4, -0.2) is 18.9 Å². The van der Waals surface area contributed by atoms with E-state index in [1.54, 1.807) is 62.6 Å². The van der Waals surface area contributed by atoms with Crippen LogP contribution in [0.4, 0.5) is 0 Å². The number of amides is 2. The van der Waals surface area contributed by atoms with Crippen LogP contribution in [0.2, 0.25) is 5.02 Å². The molecular formula is C18H19ClN2O3. The molecule has 0 saturated carbocycles. The summed E-state index contributed by atoms with van der Waals surface area (Å²) >= 11 is 5.97. The lowest BCUT2D eigenvalue weighted by molar-refractivity contribution is -0.131. The molecule has 0 radical (unpaired) electrons. The molecule has 24 heavy (non-hydrogen) atoms. The third-order valence-corrected chi connectivity index (χ3v) is 4.04. The molecule has 2 amide bonds. The van der Waals surface area contributed by atoms with Gasteiger partial charge in [0.25, 0.3) is 0 Å². The summed E-state index contributed by atoms with van der Waals surface area (Å²) in [5, 5.41) is 3.17. The Labute approximate surface area is 145 Å². The van der Waals surface area contributed by atoms with E-state index in [1.807, 2.05) is 0 Å². The fraction of sp³-hybridized carbons (Fsp3) is 0.222. The second kappa shape index (κ2) is 7.36. The van der Waals surface area contributed by atoms with Crippen LogP contribution >= 0.6 is 11.6 Å². The number of carbonyl (C=O) groups excluding carboxylic acids is 2. The molecule has 2 aromatic rings. The predicted molar refractivity (Wildman–Crippen MR) is 92.8 cm³/mol. The molecule has 0 aromatic heterocycles. The van der Waals surface area contributed by atoms with Crippen molar-refractivity contribution in [2.24, 2.45) is 5.73 Å². The van der Waals surface area contributed by atoms with E-state index >= 15 is 0 Å². The van der Waals surface area contributed by atoms with Gasteiger partial charge in [0.1, 0.15) is 11.3 Å². The van der Waals surface area contributed by atoms with Gasteiger partial charge in [-0.25, -0.2) is 0 Å². The van der Waals surface area contributed by atoms with Crippen LogP contribution in [0.5, 0.6) is 5.75 Å². The lowest BCUT2D eigenvalue weighted by Crippen LogP contribution is -2.53. The highest BCUT2D eigenvalue weighted by Gasteiger charge is 2.35. The Balaban J connectivity index is 2.17. The molecule has 2 rings (SSSR count). The molecule has 0 unspecified atom stereocenters. The summed E-state index contributed by atoms with van der Waals surface area (Å²) < 4.78 is 5.08. The number of hydrogen-bond acceptors (Lipinski definition) is 3. The minimum atomic E-state index is -1.34. The zero-order chi connectivity index (χ0) is 17.7. The van der Waals surface area contributed by atoms with Gasteiger partial charge in [0, 0.05) is 5.02 Å². The van der Waals surface area contributed by atoms with E-state index in [0.29, 0.717) is 16.3 Å². The minimum absolute atomic E-state index is 0.118. The van der Waals surface area contributed by atoms with Crippen molar-refractivity contribution in [3.8, 4) is 5.75 Å². The maximum atomic E-state index is 12.4. The Bertz CT molecular complexity index is 746. The molecule has 3 N–H and O–H groups in total. The van der Waals surface area contributed by atoms with Gasteiger partial charge in [-0.15, -0.1) is 0 Å². The fourth-order valence-electron chi connectivity index (χ4n) is 2.33. The van der Waals surface area contributed by atoms with Crippen LogP contribution in [0.3, 0.4) is 0 Å². The topological polar surface area (TPSA) is 81.4 Å². The highest BCUT2D eigenvalue weighted by atomic mass is 35.5. The SMILES string of the molecule is COc1ccc(CC(=O)N[C@@](C)(C(N)=O)c2cccc(Cl)c2)cc1. The third kappa shape index (κ3) is 4.06. The van der Waals surface area contributed by atoms with Crippen LogP contribution in [0, 0.1) is 0 Å². The summed E-state index contributed by atoms with van der Waals surface area (Å²) in [6.45, 7) is 1.56. The Morgan fingerprint density at radius 1 is 1.21 bits per heavy atom. The number of nitrogens with two attached hydrogens (primary N) is 1. The van der Waals surface area contributed by atoms with Crippen LogP contribution in [0.25, 0.3) is 0 Å². The van der Waals surface area contributed by atoms with Gasteiger partial charge in [-0.2, -0.15) is 0 Å². The zero-order valence-electron chi connectivity index (χ0n) is 13.5. The first kappa shape index (κ1) is 17.8. The average Bonchev–Trinajstić information content (AvgIpc) is 2.55. The van der Waals surface area contributed by atoms with Crippen molar-refractivity contribution in [2.75, 3.05) is 7.11 Å². The van der Waals surface area contributed by atoms with Gasteiger partial charge in [0.05, 0.1) is 13.5 Å². The number of hydrogen-bond donors (Lipinski definition) is 2. The fourth-order valence-corrected chi connectivity index (χ4v) is 2.52. The van der Waals surface area contributed by atoms with Gasteiger partial charge in [0.15, 0.2) is 0 Å². The summed E-state index contributed by atoms with van der Waals surface area (Å²) in [7, 11) is 1.57. The monoisotopic (exact) mass is 346 g/mol. The summed E-state index contributed by atoms with van der Waals surface area (Å²) in [5.74, 6) is -0.269. The van der Waals surface area contributed by atoms with E-state index in [0.717, 1.165) is 5.56 Å².